The maximum absolute atomic E-state index is 11.1. The lowest BCUT2D eigenvalue weighted by molar-refractivity contribution is -0.137. The number of pyridine rings is 1. The van der Waals surface area contributed by atoms with E-state index in [1.165, 1.54) is 6.20 Å². The largest absolute Gasteiger partial charge is 0.480 e. The van der Waals surface area contributed by atoms with Gasteiger partial charge in [-0.25, -0.2) is 4.79 Å². The Hall–Kier alpha value is -2.61. The van der Waals surface area contributed by atoms with Crippen LogP contribution in [0.5, 0.6) is 0 Å². The molecule has 2 aromatic rings. The first-order valence-electron chi connectivity index (χ1n) is 5.94. The van der Waals surface area contributed by atoms with Crippen molar-refractivity contribution in [2.24, 2.45) is 0 Å². The van der Waals surface area contributed by atoms with E-state index in [1.807, 2.05) is 30.3 Å². The standard InChI is InChI=1S/C14H13N3O2/c1-2-11(14(18)19)17-13-9(7-15)8-16-12-6-4-3-5-10(12)13/h3-6,8,11H,2H2,1H3,(H,16,17)(H,18,19). The fourth-order valence-electron chi connectivity index (χ4n) is 1.89. The molecule has 2 rings (SSSR count). The molecule has 1 atom stereocenters. The van der Waals surface area contributed by atoms with Crippen molar-refractivity contribution < 1.29 is 9.90 Å². The molecule has 2 N–H and O–H groups in total. The van der Waals surface area contributed by atoms with Crippen molar-refractivity contribution in [2.45, 2.75) is 19.4 Å². The highest BCUT2D eigenvalue weighted by Crippen LogP contribution is 2.26. The maximum atomic E-state index is 11.1. The van der Waals surface area contributed by atoms with Crippen LogP contribution < -0.4 is 5.32 Å². The molecular weight excluding hydrogens is 242 g/mol. The molecule has 0 aliphatic carbocycles. The van der Waals surface area contributed by atoms with Gasteiger partial charge in [-0.1, -0.05) is 25.1 Å². The third-order valence-corrected chi connectivity index (χ3v) is 2.92. The molecule has 1 aromatic heterocycles. The Morgan fingerprint density at radius 1 is 1.53 bits per heavy atom. The molecule has 0 amide bonds. The van der Waals surface area contributed by atoms with Gasteiger partial charge in [0.15, 0.2) is 0 Å². The van der Waals surface area contributed by atoms with Crippen molar-refractivity contribution in [1.82, 2.24) is 4.98 Å². The molecule has 0 bridgehead atoms. The highest BCUT2D eigenvalue weighted by Gasteiger charge is 2.18. The van der Waals surface area contributed by atoms with Gasteiger partial charge in [-0.2, -0.15) is 5.26 Å². The number of rotatable bonds is 4. The van der Waals surface area contributed by atoms with E-state index in [0.717, 1.165) is 10.9 Å². The molecule has 5 heteroatoms. The van der Waals surface area contributed by atoms with Gasteiger partial charge in [0.2, 0.25) is 0 Å². The van der Waals surface area contributed by atoms with E-state index in [2.05, 4.69) is 10.3 Å². The van der Waals surface area contributed by atoms with Crippen LogP contribution in [-0.4, -0.2) is 22.1 Å². The molecule has 0 saturated heterocycles. The third-order valence-electron chi connectivity index (χ3n) is 2.92. The van der Waals surface area contributed by atoms with Crippen molar-refractivity contribution in [1.29, 1.82) is 5.26 Å². The van der Waals surface area contributed by atoms with Crippen LogP contribution in [-0.2, 0) is 4.79 Å². The molecule has 96 valence electrons. The Morgan fingerprint density at radius 2 is 2.26 bits per heavy atom. The van der Waals surface area contributed by atoms with Gasteiger partial charge >= 0.3 is 5.97 Å². The Balaban J connectivity index is 2.56. The number of aliphatic carboxylic acids is 1. The summed E-state index contributed by atoms with van der Waals surface area (Å²) >= 11 is 0. The van der Waals surface area contributed by atoms with Crippen LogP contribution in [0, 0.1) is 11.3 Å². The number of nitriles is 1. The van der Waals surface area contributed by atoms with Crippen molar-refractivity contribution in [3.63, 3.8) is 0 Å². The highest BCUT2D eigenvalue weighted by molar-refractivity contribution is 5.95. The van der Waals surface area contributed by atoms with E-state index >= 15 is 0 Å². The summed E-state index contributed by atoms with van der Waals surface area (Å²) in [7, 11) is 0. The first-order valence-corrected chi connectivity index (χ1v) is 5.94. The van der Waals surface area contributed by atoms with Crippen molar-refractivity contribution in [3.8, 4) is 6.07 Å². The molecule has 1 unspecified atom stereocenters. The number of benzene rings is 1. The summed E-state index contributed by atoms with van der Waals surface area (Å²) in [6, 6.07) is 8.63. The van der Waals surface area contributed by atoms with Gasteiger partial charge in [-0.05, 0) is 12.5 Å². The number of para-hydroxylation sites is 1. The van der Waals surface area contributed by atoms with Crippen LogP contribution in [0.15, 0.2) is 30.5 Å². The molecule has 0 aliphatic heterocycles. The summed E-state index contributed by atoms with van der Waals surface area (Å²) in [5.74, 6) is -0.938. The van der Waals surface area contributed by atoms with Crippen LogP contribution in [0.3, 0.4) is 0 Å². The van der Waals surface area contributed by atoms with Gasteiger partial charge in [0.1, 0.15) is 12.1 Å². The van der Waals surface area contributed by atoms with Crippen LogP contribution in [0.2, 0.25) is 0 Å². The van der Waals surface area contributed by atoms with Crippen molar-refractivity contribution >= 4 is 22.6 Å². The topological polar surface area (TPSA) is 86.0 Å². The minimum absolute atomic E-state index is 0.346. The van der Waals surface area contributed by atoms with Gasteiger partial charge in [0, 0.05) is 11.6 Å². The summed E-state index contributed by atoms with van der Waals surface area (Å²) in [6.45, 7) is 1.78. The predicted molar refractivity (Wildman–Crippen MR) is 71.8 cm³/mol. The van der Waals surface area contributed by atoms with Crippen LogP contribution in [0.25, 0.3) is 10.9 Å². The van der Waals surface area contributed by atoms with E-state index < -0.39 is 12.0 Å². The zero-order chi connectivity index (χ0) is 13.8. The lowest BCUT2D eigenvalue weighted by atomic mass is 10.1. The lowest BCUT2D eigenvalue weighted by Gasteiger charge is -2.16. The summed E-state index contributed by atoms with van der Waals surface area (Å²) in [6.07, 6.45) is 1.89. The number of nitrogens with zero attached hydrogens (tertiary/aromatic N) is 2. The molecule has 0 radical (unpaired) electrons. The SMILES string of the molecule is CCC(Nc1c(C#N)cnc2ccccc12)C(=O)O. The highest BCUT2D eigenvalue weighted by atomic mass is 16.4. The monoisotopic (exact) mass is 255 g/mol. The smallest absolute Gasteiger partial charge is 0.326 e. The summed E-state index contributed by atoms with van der Waals surface area (Å²) in [5, 5.41) is 21.9. The summed E-state index contributed by atoms with van der Waals surface area (Å²) in [4.78, 5) is 15.3. The first kappa shape index (κ1) is 12.8. The predicted octanol–water partition coefficient (Wildman–Crippen LogP) is 2.38. The zero-order valence-electron chi connectivity index (χ0n) is 10.4. The number of carboxylic acids is 1. The fourth-order valence-corrected chi connectivity index (χ4v) is 1.89. The number of fused-ring (bicyclic) bond motifs is 1. The number of hydrogen-bond acceptors (Lipinski definition) is 4. The van der Waals surface area contributed by atoms with Gasteiger partial charge in [0.25, 0.3) is 0 Å². The average Bonchev–Trinajstić information content (AvgIpc) is 2.44. The van der Waals surface area contributed by atoms with E-state index in [9.17, 15) is 4.79 Å². The van der Waals surface area contributed by atoms with Crippen LogP contribution in [0.1, 0.15) is 18.9 Å². The third kappa shape index (κ3) is 2.47. The van der Waals surface area contributed by atoms with Crippen LogP contribution in [0.4, 0.5) is 5.69 Å². The van der Waals surface area contributed by atoms with Crippen LogP contribution >= 0.6 is 0 Å². The molecule has 5 nitrogen and oxygen atoms in total. The number of carbonyl (C=O) groups is 1. The Bertz CT molecular complexity index is 661. The number of carboxylic acid groups (broad SMARTS) is 1. The molecule has 0 saturated carbocycles. The lowest BCUT2D eigenvalue weighted by Crippen LogP contribution is -2.28. The van der Waals surface area contributed by atoms with Gasteiger partial charge in [-0.15, -0.1) is 0 Å². The van der Waals surface area contributed by atoms with Crippen molar-refractivity contribution in [3.05, 3.63) is 36.0 Å². The number of aromatic nitrogens is 1. The average molecular weight is 255 g/mol. The van der Waals surface area contributed by atoms with Crippen molar-refractivity contribution in [2.75, 3.05) is 5.32 Å². The summed E-state index contributed by atoms with van der Waals surface area (Å²) in [5.41, 5.74) is 1.60. The van der Waals surface area contributed by atoms with Gasteiger partial charge in [0.05, 0.1) is 16.8 Å². The fraction of sp³-hybridized carbons (Fsp3) is 0.214. The Labute approximate surface area is 110 Å². The van der Waals surface area contributed by atoms with Gasteiger partial charge in [-0.3, -0.25) is 4.98 Å². The second-order valence-electron chi connectivity index (χ2n) is 4.12. The molecule has 1 aromatic carbocycles. The maximum Gasteiger partial charge on any atom is 0.326 e. The normalized spacial score (nSPS) is 11.8. The number of nitrogens with one attached hydrogen (secondary N) is 1. The molecule has 1 heterocycles. The van der Waals surface area contributed by atoms with E-state index in [1.54, 1.807) is 6.92 Å². The molecule has 0 spiro atoms. The number of anilines is 1. The van der Waals surface area contributed by atoms with E-state index in [4.69, 9.17) is 10.4 Å². The minimum Gasteiger partial charge on any atom is -0.480 e. The zero-order valence-corrected chi connectivity index (χ0v) is 10.4. The Morgan fingerprint density at radius 3 is 2.89 bits per heavy atom. The Kier molecular flexibility index (Phi) is 3.62. The summed E-state index contributed by atoms with van der Waals surface area (Å²) < 4.78 is 0. The molecule has 0 aliphatic rings. The van der Waals surface area contributed by atoms with Gasteiger partial charge < -0.3 is 10.4 Å². The van der Waals surface area contributed by atoms with E-state index in [-0.39, 0.29) is 0 Å². The second kappa shape index (κ2) is 5.36. The molecule has 0 fully saturated rings. The first-order chi connectivity index (χ1) is 9.17. The minimum atomic E-state index is -0.938. The second-order valence-corrected chi connectivity index (χ2v) is 4.12. The quantitative estimate of drug-likeness (QED) is 0.876. The van der Waals surface area contributed by atoms with E-state index in [0.29, 0.717) is 17.7 Å². The number of hydrogen-bond donors (Lipinski definition) is 2. The molecular formula is C14H13N3O2. The molecule has 19 heavy (non-hydrogen) atoms.